The number of hydrogen-bond donors (Lipinski definition) is 0. The van der Waals surface area contributed by atoms with Gasteiger partial charge < -0.3 is 51.2 Å². The van der Waals surface area contributed by atoms with Crippen molar-refractivity contribution in [3.05, 3.63) is 243 Å². The predicted octanol–water partition coefficient (Wildman–Crippen LogP) is 13.9. The van der Waals surface area contributed by atoms with Gasteiger partial charge in [-0.15, -0.1) is 0 Å². The summed E-state index contributed by atoms with van der Waals surface area (Å²) in [6, 6.07) is 87.1. The first-order chi connectivity index (χ1) is 49.5. The molecule has 15 heteroatoms. The summed E-state index contributed by atoms with van der Waals surface area (Å²) in [5, 5.41) is 0. The smallest absolute Gasteiger partial charge is 0.793 e. The maximum absolute atomic E-state index is 12.6. The molecule has 11 nitrogen and oxygen atoms in total. The van der Waals surface area contributed by atoms with Crippen molar-refractivity contribution in [2.24, 2.45) is 0 Å². The van der Waals surface area contributed by atoms with Crippen molar-refractivity contribution in [3.63, 3.8) is 0 Å². The van der Waals surface area contributed by atoms with Crippen molar-refractivity contribution in [3.8, 4) is 0 Å². The summed E-state index contributed by atoms with van der Waals surface area (Å²) >= 11 is 0. The largest absolute Gasteiger partial charge is 3.00 e. The van der Waals surface area contributed by atoms with Crippen LogP contribution in [-0.2, 0) is 79.1 Å². The topological polar surface area (TPSA) is 115 Å². The molecule has 15 rings (SSSR count). The van der Waals surface area contributed by atoms with E-state index in [1.165, 1.54) is 134 Å². The third-order valence-electron chi connectivity index (χ3n) is 17.5. The van der Waals surface area contributed by atoms with Crippen molar-refractivity contribution in [1.29, 1.82) is 0 Å². The van der Waals surface area contributed by atoms with E-state index in [9.17, 15) is 4.80 Å². The summed E-state index contributed by atoms with van der Waals surface area (Å²) in [5.41, 5.74) is 8.98. The molecule has 8 aromatic rings. The molecule has 7 aliphatic heterocycles. The van der Waals surface area contributed by atoms with Crippen LogP contribution in [0.5, 0.6) is 0 Å². The van der Waals surface area contributed by atoms with Crippen molar-refractivity contribution in [2.45, 2.75) is 169 Å². The van der Waals surface area contributed by atoms with E-state index in [0.29, 0.717) is 0 Å². The van der Waals surface area contributed by atoms with E-state index in [0.717, 1.165) is 92.5 Å². The third-order valence-corrected chi connectivity index (χ3v) is 20.1. The van der Waals surface area contributed by atoms with Crippen LogP contribution in [0.2, 0.25) is 0 Å². The molecule has 7 fully saturated rings. The van der Waals surface area contributed by atoms with E-state index >= 15 is 0 Å². The van der Waals surface area contributed by atoms with Gasteiger partial charge in [-0.3, -0.25) is 0 Å². The number of hydrogen-bond acceptors (Lipinski definition) is 11. The molecule has 103 heavy (non-hydrogen) atoms. The van der Waals surface area contributed by atoms with Crippen molar-refractivity contribution in [2.75, 3.05) is 92.5 Å². The van der Waals surface area contributed by atoms with E-state index in [1.807, 2.05) is 62.3 Å². The first kappa shape index (κ1) is 88.4. The Morgan fingerprint density at radius 2 is 0.330 bits per heavy atom. The Hall–Kier alpha value is -5.23. The van der Waals surface area contributed by atoms with Crippen molar-refractivity contribution >= 4 is 65.0 Å². The molecule has 0 aromatic heterocycles. The van der Waals surface area contributed by atoms with Crippen LogP contribution in [0, 0.1) is 0 Å². The number of ether oxygens (including phenoxy) is 7. The minimum Gasteiger partial charge on any atom is -0.793 e. The average molecular weight is 1500 g/mol. The summed E-state index contributed by atoms with van der Waals surface area (Å²) in [5.74, 6) is 0. The van der Waals surface area contributed by atoms with Crippen molar-refractivity contribution in [1.82, 2.24) is 0 Å². The van der Waals surface area contributed by atoms with Crippen LogP contribution in [0.1, 0.15) is 152 Å². The fraction of sp³-hybridized carbons (Fsp3) is 0.455. The molecule has 0 N–H and O–H groups in total. The normalized spacial score (nSPS) is 16.1. The molecule has 0 atom stereocenters. The fourth-order valence-corrected chi connectivity index (χ4v) is 15.4. The van der Waals surface area contributed by atoms with Crippen LogP contribution < -0.4 is 48.5 Å². The van der Waals surface area contributed by atoms with Gasteiger partial charge in [0.1, 0.15) is 12.3 Å². The molecule has 7 heterocycles. The van der Waals surface area contributed by atoms with Gasteiger partial charge in [-0.05, 0) is 152 Å². The summed E-state index contributed by atoms with van der Waals surface area (Å²) < 4.78 is 51.2. The van der Waals surface area contributed by atoms with Crippen LogP contribution in [0.25, 0.3) is 0 Å². The molecule has 0 unspecified atom stereocenters. The zero-order valence-corrected chi connectivity index (χ0v) is 68.0. The van der Waals surface area contributed by atoms with Crippen LogP contribution >= 0.6 is 0 Å². The van der Waals surface area contributed by atoms with E-state index < -0.39 is 38.1 Å². The maximum atomic E-state index is 12.6. The first-order valence-electron chi connectivity index (χ1n) is 38.1. The quantitative estimate of drug-likeness (QED) is 0.115. The average Bonchev–Trinajstić information content (AvgIpc) is 1.33. The summed E-state index contributed by atoms with van der Waals surface area (Å²) in [4.78, 5) is 12.6. The molecular weight excluding hydrogens is 1370 g/mol. The van der Waals surface area contributed by atoms with Crippen LogP contribution in [0.3, 0.4) is 0 Å². The molecule has 0 aliphatic carbocycles. The summed E-state index contributed by atoms with van der Waals surface area (Å²) in [7, 11) is -3.91. The second-order valence-corrected chi connectivity index (χ2v) is 31.0. The van der Waals surface area contributed by atoms with E-state index in [2.05, 4.69) is 243 Å². The van der Waals surface area contributed by atoms with Crippen LogP contribution in [0.4, 0.5) is 0 Å². The van der Waals surface area contributed by atoms with Crippen LogP contribution in [-0.4, -0.2) is 131 Å². The monoisotopic (exact) mass is 1490 g/mol. The maximum Gasteiger partial charge on any atom is 3.00 e. The van der Waals surface area contributed by atoms with Gasteiger partial charge in [-0.1, -0.05) is 243 Å². The van der Waals surface area contributed by atoms with Gasteiger partial charge in [0.15, 0.2) is 0 Å². The Morgan fingerprint density at radius 3 is 0.408 bits per heavy atom. The summed E-state index contributed by atoms with van der Waals surface area (Å²) in [6.07, 6.45) is 15.5. The zero-order chi connectivity index (χ0) is 72.8. The Morgan fingerprint density at radius 1 is 0.223 bits per heavy atom. The third kappa shape index (κ3) is 34.0. The fourth-order valence-electron chi connectivity index (χ4n) is 13.0. The molecule has 0 radical (unpaired) electrons. The van der Waals surface area contributed by atoms with E-state index in [-0.39, 0.29) is 32.7 Å². The Kier molecular flexibility index (Phi) is 43.2. The van der Waals surface area contributed by atoms with Crippen LogP contribution in [0.15, 0.2) is 243 Å². The first-order valence-corrected chi connectivity index (χ1v) is 39.7. The molecule has 554 valence electrons. The molecule has 7 aliphatic rings. The summed E-state index contributed by atoms with van der Waals surface area (Å²) in [6.45, 7) is 30.4. The van der Waals surface area contributed by atoms with Gasteiger partial charge in [0.05, 0.1) is 16.8 Å². The standard InChI is InChI=1S/2C24H20B.C12H27O4Si.7C4H8O.Y/c2*1-5-13-21(14-6-1)25(22-15-7-2-8-16-22,23-17-9-3-10-18-23)24-19-11-4-12-20-24;1-10(2,3)14-17(13,15-11(4,5)6)16-12(7,8)9;7*1-2-4-5-3-1;/h2*1-20H;1-9H3;7*1-4H2;/q3*-1;;;;;;;;+3. The molecule has 8 aromatic carbocycles. The second kappa shape index (κ2) is 50.4. The Bertz CT molecular complexity index is 2610. The zero-order valence-electron chi connectivity index (χ0n) is 64.1. The van der Waals surface area contributed by atoms with Gasteiger partial charge in [0.2, 0.25) is 0 Å². The van der Waals surface area contributed by atoms with Gasteiger partial charge in [0, 0.05) is 92.5 Å². The van der Waals surface area contributed by atoms with Gasteiger partial charge in [-0.25, -0.2) is 0 Å². The molecule has 0 amide bonds. The number of rotatable bonds is 11. The minimum atomic E-state index is -3.91. The van der Waals surface area contributed by atoms with Gasteiger partial charge >= 0.3 is 41.8 Å². The Labute approximate surface area is 648 Å². The van der Waals surface area contributed by atoms with Gasteiger partial charge in [0.25, 0.3) is 0 Å². The number of benzene rings is 8. The predicted molar refractivity (Wildman–Crippen MR) is 429 cm³/mol. The molecule has 0 spiro atoms. The molecule has 0 saturated carbocycles. The Balaban J connectivity index is 0.000000225. The minimum absolute atomic E-state index is 0. The van der Waals surface area contributed by atoms with E-state index in [4.69, 9.17) is 46.4 Å². The van der Waals surface area contributed by atoms with E-state index in [1.54, 1.807) is 0 Å². The molecule has 7 saturated heterocycles. The van der Waals surface area contributed by atoms with Crippen molar-refractivity contribution < 1.29 is 83.9 Å². The molecule has 0 bridgehead atoms. The van der Waals surface area contributed by atoms with Gasteiger partial charge in [-0.2, -0.15) is 43.7 Å². The SMILES string of the molecule is C1CCOC1.C1CCOC1.C1CCOC1.C1CCOC1.C1CCOC1.C1CCOC1.C1CCOC1.CC(C)(C)O[Si]([O-])(OC(C)(C)C)OC(C)(C)C.[Y+3].c1ccc([B-](c2ccccc2)(c2ccccc2)c2ccccc2)cc1.c1ccc([B-](c2ccccc2)(c2ccccc2)c2ccccc2)cc1. The second-order valence-electron chi connectivity index (χ2n) is 29.4. The molecular formula is C88H123B2O11SiY.